The van der Waals surface area contributed by atoms with Gasteiger partial charge in [0, 0.05) is 42.8 Å². The molecule has 1 aromatic carbocycles. The van der Waals surface area contributed by atoms with Crippen LogP contribution in [-0.2, 0) is 43.7 Å². The number of ether oxygens (including phenoxy) is 2. The number of unbranched alkanes of at least 4 members (excludes halogenated alkanes) is 1. The Labute approximate surface area is 355 Å². The Kier molecular flexibility index (Phi) is 20.4. The molecular formula is C42H71N7O9S. The van der Waals surface area contributed by atoms with E-state index in [-0.39, 0.29) is 49.4 Å². The van der Waals surface area contributed by atoms with Crippen molar-refractivity contribution in [3.05, 3.63) is 29.3 Å². The number of carbonyl (C=O) groups is 7. The average molecular weight is 850 g/mol. The van der Waals surface area contributed by atoms with Crippen molar-refractivity contribution in [3.8, 4) is 0 Å². The molecule has 0 heterocycles. The molecule has 0 radical (unpaired) electrons. The van der Waals surface area contributed by atoms with Crippen molar-refractivity contribution in [1.29, 1.82) is 0 Å². The summed E-state index contributed by atoms with van der Waals surface area (Å²) in [5, 5.41) is 10.7. The van der Waals surface area contributed by atoms with Gasteiger partial charge in [-0.25, -0.2) is 4.79 Å². The van der Waals surface area contributed by atoms with E-state index in [1.54, 1.807) is 55.4 Å². The van der Waals surface area contributed by atoms with E-state index in [0.717, 1.165) is 5.56 Å². The summed E-state index contributed by atoms with van der Waals surface area (Å²) in [5.41, 5.74) is 12.3. The molecule has 6 amide bonds. The Morgan fingerprint density at radius 3 is 1.98 bits per heavy atom. The first-order valence-corrected chi connectivity index (χ1v) is 21.0. The quantitative estimate of drug-likeness (QED) is 0.0582. The summed E-state index contributed by atoms with van der Waals surface area (Å²) in [6.45, 7) is 23.0. The number of benzene rings is 1. The number of nitrogens with two attached hydrogens (primary N) is 2. The predicted molar refractivity (Wildman–Crippen MR) is 231 cm³/mol. The molecule has 0 aliphatic heterocycles. The fourth-order valence-corrected chi connectivity index (χ4v) is 6.62. The van der Waals surface area contributed by atoms with Gasteiger partial charge >= 0.3 is 12.1 Å². The maximum Gasteiger partial charge on any atom is 0.407 e. The predicted octanol–water partition coefficient (Wildman–Crippen LogP) is 4.22. The van der Waals surface area contributed by atoms with Gasteiger partial charge in [0.15, 0.2) is 0 Å². The average Bonchev–Trinajstić information content (AvgIpc) is 3.06. The van der Waals surface area contributed by atoms with Crippen molar-refractivity contribution in [2.24, 2.45) is 11.5 Å². The second-order valence-electron chi connectivity index (χ2n) is 18.3. The number of amides is 6. The SMILES string of the molecule is CC(=O)NCSC(C)(C)C(N)C(=O)NCC(=O)N(c1cc(C(C)(C)C)ccc1C)[C@@H](CCC(=O)OC(C)(C)C)CC(=O)N[C@H](CCCCNC(=O)OC(C)(C)C)C(N)=O. The van der Waals surface area contributed by atoms with Crippen LogP contribution in [0.25, 0.3) is 0 Å². The minimum absolute atomic E-state index is 0.00882. The van der Waals surface area contributed by atoms with Crippen LogP contribution in [0.15, 0.2) is 18.2 Å². The van der Waals surface area contributed by atoms with Crippen LogP contribution in [0.2, 0.25) is 0 Å². The van der Waals surface area contributed by atoms with E-state index in [1.807, 2.05) is 45.9 Å². The lowest BCUT2D eigenvalue weighted by molar-refractivity contribution is -0.155. The molecule has 0 fully saturated rings. The first-order valence-electron chi connectivity index (χ1n) is 20.1. The number of thioether (sulfide) groups is 1. The third kappa shape index (κ3) is 20.4. The van der Waals surface area contributed by atoms with Crippen molar-refractivity contribution in [2.45, 2.75) is 168 Å². The number of nitrogens with one attached hydrogen (secondary N) is 4. The summed E-state index contributed by atoms with van der Waals surface area (Å²) in [5.74, 6) is -3.08. The molecule has 1 unspecified atom stereocenters. The van der Waals surface area contributed by atoms with Crippen LogP contribution in [-0.4, -0.2) is 94.6 Å². The maximum atomic E-state index is 14.5. The summed E-state index contributed by atoms with van der Waals surface area (Å²) in [7, 11) is 0. The molecule has 0 saturated carbocycles. The Balaban J connectivity index is 3.51. The van der Waals surface area contributed by atoms with Crippen molar-refractivity contribution in [1.82, 2.24) is 21.3 Å². The number of aryl methyl sites for hydroxylation is 1. The molecule has 0 aliphatic rings. The molecule has 0 spiro atoms. The zero-order valence-corrected chi connectivity index (χ0v) is 38.3. The molecule has 1 aromatic rings. The van der Waals surface area contributed by atoms with Gasteiger partial charge in [-0.3, -0.25) is 28.8 Å². The lowest BCUT2D eigenvalue weighted by atomic mass is 9.86. The zero-order chi connectivity index (χ0) is 45.5. The van der Waals surface area contributed by atoms with Crippen LogP contribution in [0.1, 0.15) is 133 Å². The van der Waals surface area contributed by atoms with Gasteiger partial charge in [-0.05, 0) is 111 Å². The summed E-state index contributed by atoms with van der Waals surface area (Å²) in [4.78, 5) is 92.1. The molecule has 17 heteroatoms. The second-order valence-corrected chi connectivity index (χ2v) is 19.9. The van der Waals surface area contributed by atoms with E-state index >= 15 is 0 Å². The van der Waals surface area contributed by atoms with Gasteiger partial charge in [0.25, 0.3) is 0 Å². The number of esters is 1. The van der Waals surface area contributed by atoms with E-state index in [9.17, 15) is 33.6 Å². The molecule has 3 atom stereocenters. The molecule has 8 N–H and O–H groups in total. The van der Waals surface area contributed by atoms with Crippen molar-refractivity contribution in [2.75, 3.05) is 23.9 Å². The molecule has 59 heavy (non-hydrogen) atoms. The zero-order valence-electron chi connectivity index (χ0n) is 37.5. The smallest absolute Gasteiger partial charge is 0.407 e. The number of primary amides is 1. The Morgan fingerprint density at radius 1 is 0.831 bits per heavy atom. The first-order chi connectivity index (χ1) is 26.9. The van der Waals surface area contributed by atoms with Crippen LogP contribution in [0.5, 0.6) is 0 Å². The summed E-state index contributed by atoms with van der Waals surface area (Å²) >= 11 is 1.27. The molecule has 0 aliphatic carbocycles. The number of hydrogen-bond donors (Lipinski definition) is 6. The third-order valence-electron chi connectivity index (χ3n) is 8.97. The highest BCUT2D eigenvalue weighted by Crippen LogP contribution is 2.32. The van der Waals surface area contributed by atoms with Crippen LogP contribution in [0.4, 0.5) is 10.5 Å². The van der Waals surface area contributed by atoms with Gasteiger partial charge in [0.1, 0.15) is 17.2 Å². The highest BCUT2D eigenvalue weighted by Gasteiger charge is 2.35. The number of carbonyl (C=O) groups excluding carboxylic acids is 7. The Bertz CT molecular complexity index is 1630. The third-order valence-corrected chi connectivity index (χ3v) is 10.3. The molecule has 0 saturated heterocycles. The van der Waals surface area contributed by atoms with Gasteiger partial charge in [0.2, 0.25) is 29.5 Å². The molecule has 334 valence electrons. The van der Waals surface area contributed by atoms with Gasteiger partial charge in [-0.1, -0.05) is 32.9 Å². The van der Waals surface area contributed by atoms with Crippen LogP contribution < -0.4 is 37.6 Å². The largest absolute Gasteiger partial charge is 0.460 e. The Morgan fingerprint density at radius 2 is 1.44 bits per heavy atom. The number of rotatable bonds is 21. The standard InChI is InChI=1S/C42H71N7O9S/c1-26-17-18-28(39(3,4)5)22-31(26)49(33(52)24-46-37(55)35(43)42(12,13)59-25-47-27(2)50)29(19-20-34(53)57-40(6,7)8)23-32(51)48-30(36(44)54)16-14-15-21-45-38(56)58-41(9,10)11/h17-18,22,29-30,35H,14-16,19-21,23-25,43H2,1-13H3,(H2,44,54)(H,45,56)(H,46,55)(H,47,50)(H,48,51)/t29-,30+,35?/m0/s1. The lowest BCUT2D eigenvalue weighted by Crippen LogP contribution is -2.55. The van der Waals surface area contributed by atoms with Gasteiger partial charge in [0.05, 0.1) is 18.5 Å². The lowest BCUT2D eigenvalue weighted by Gasteiger charge is -2.35. The minimum atomic E-state index is -1.07. The van der Waals surface area contributed by atoms with Crippen molar-refractivity contribution >= 4 is 59.0 Å². The number of nitrogens with zero attached hydrogens (tertiary/aromatic N) is 1. The summed E-state index contributed by atoms with van der Waals surface area (Å²) < 4.78 is 9.99. The summed E-state index contributed by atoms with van der Waals surface area (Å²) in [6.07, 6.45) is 0.0197. The maximum absolute atomic E-state index is 14.5. The summed E-state index contributed by atoms with van der Waals surface area (Å²) in [6, 6.07) is 2.60. The number of hydrogen-bond acceptors (Lipinski definition) is 11. The van der Waals surface area contributed by atoms with Crippen LogP contribution in [0.3, 0.4) is 0 Å². The molecular weight excluding hydrogens is 779 g/mol. The van der Waals surface area contributed by atoms with Crippen molar-refractivity contribution < 1.29 is 43.0 Å². The van der Waals surface area contributed by atoms with Crippen LogP contribution in [0, 0.1) is 6.92 Å². The molecule has 0 aromatic heterocycles. The topological polar surface area (TPSA) is 241 Å². The van der Waals surface area contributed by atoms with Gasteiger partial charge in [-0.2, -0.15) is 0 Å². The minimum Gasteiger partial charge on any atom is -0.460 e. The van der Waals surface area contributed by atoms with Gasteiger partial charge in [-0.15, -0.1) is 11.8 Å². The second kappa shape index (κ2) is 22.8. The first kappa shape index (κ1) is 52.6. The fraction of sp³-hybridized carbons (Fsp3) is 0.690. The Hall–Kier alpha value is -4.38. The van der Waals surface area contributed by atoms with E-state index in [4.69, 9.17) is 20.9 Å². The highest BCUT2D eigenvalue weighted by molar-refractivity contribution is 8.00. The van der Waals surface area contributed by atoms with Crippen LogP contribution >= 0.6 is 11.8 Å². The van der Waals surface area contributed by atoms with Crippen molar-refractivity contribution in [3.63, 3.8) is 0 Å². The molecule has 1 rings (SSSR count). The van der Waals surface area contributed by atoms with E-state index in [1.165, 1.54) is 23.6 Å². The van der Waals surface area contributed by atoms with Gasteiger partial charge < -0.3 is 47.1 Å². The highest BCUT2D eigenvalue weighted by atomic mass is 32.2. The molecule has 16 nitrogen and oxygen atoms in total. The van der Waals surface area contributed by atoms with E-state index < -0.39 is 76.3 Å². The fourth-order valence-electron chi connectivity index (χ4n) is 5.69. The van der Waals surface area contributed by atoms with E-state index in [2.05, 4.69) is 21.3 Å². The van der Waals surface area contributed by atoms with E-state index in [0.29, 0.717) is 24.1 Å². The normalized spacial score (nSPS) is 13.6. The monoisotopic (exact) mass is 850 g/mol. The molecule has 0 bridgehead atoms. The number of alkyl carbamates (subject to hydrolysis) is 1. The number of anilines is 1.